The van der Waals surface area contributed by atoms with Gasteiger partial charge in [0.2, 0.25) is 0 Å². The molecule has 5 nitrogen and oxygen atoms in total. The van der Waals surface area contributed by atoms with Crippen molar-refractivity contribution in [3.8, 4) is 0 Å². The molecule has 23 heavy (non-hydrogen) atoms. The molecule has 0 bridgehead atoms. The fraction of sp³-hybridized carbons (Fsp3) is 0.278. The van der Waals surface area contributed by atoms with Gasteiger partial charge in [-0.1, -0.05) is 30.3 Å². The Morgan fingerprint density at radius 2 is 2.00 bits per heavy atom. The zero-order valence-electron chi connectivity index (χ0n) is 13.1. The maximum atomic E-state index is 10.9. The number of carbonyl (C=O) groups is 1. The molecule has 0 spiro atoms. The second-order valence-electron chi connectivity index (χ2n) is 5.66. The number of nitrogens with zero attached hydrogens (tertiary/aromatic N) is 3. The molecule has 0 fully saturated rings. The van der Waals surface area contributed by atoms with E-state index in [1.165, 1.54) is 5.56 Å². The lowest BCUT2D eigenvalue weighted by Crippen LogP contribution is -2.09. The highest BCUT2D eigenvalue weighted by Crippen LogP contribution is 2.17. The Bertz CT molecular complexity index is 825. The summed E-state index contributed by atoms with van der Waals surface area (Å²) in [5, 5.41) is 8.97. The lowest BCUT2D eigenvalue weighted by Gasteiger charge is -2.07. The van der Waals surface area contributed by atoms with Crippen molar-refractivity contribution in [2.75, 3.05) is 0 Å². The fourth-order valence-corrected chi connectivity index (χ4v) is 2.69. The van der Waals surface area contributed by atoms with Crippen molar-refractivity contribution in [1.82, 2.24) is 14.5 Å². The Morgan fingerprint density at radius 1 is 1.22 bits per heavy atom. The normalized spacial score (nSPS) is 11.0. The van der Waals surface area contributed by atoms with Crippen LogP contribution in [-0.2, 0) is 24.2 Å². The van der Waals surface area contributed by atoms with Gasteiger partial charge in [-0.15, -0.1) is 0 Å². The summed E-state index contributed by atoms with van der Waals surface area (Å²) in [6.45, 7) is 2.37. The highest BCUT2D eigenvalue weighted by molar-refractivity contribution is 5.72. The minimum atomic E-state index is -0.812. The number of pyridine rings is 1. The van der Waals surface area contributed by atoms with Gasteiger partial charge >= 0.3 is 5.97 Å². The molecule has 5 heteroatoms. The molecule has 1 N–H and O–H groups in total. The highest BCUT2D eigenvalue weighted by Gasteiger charge is 2.13. The molecule has 3 aromatic rings. The van der Waals surface area contributed by atoms with Gasteiger partial charge in [-0.3, -0.25) is 4.79 Å². The molecule has 3 rings (SSSR count). The Labute approximate surface area is 134 Å². The minimum Gasteiger partial charge on any atom is -0.481 e. The summed E-state index contributed by atoms with van der Waals surface area (Å²) in [4.78, 5) is 20.0. The molecular weight excluding hydrogens is 290 g/mol. The monoisotopic (exact) mass is 309 g/mol. The molecule has 0 aliphatic heterocycles. The van der Waals surface area contributed by atoms with Crippen LogP contribution in [0.1, 0.15) is 23.4 Å². The van der Waals surface area contributed by atoms with E-state index in [1.807, 2.05) is 35.8 Å². The number of fused-ring (bicyclic) bond motifs is 1. The summed E-state index contributed by atoms with van der Waals surface area (Å²) in [7, 11) is 0. The average Bonchev–Trinajstić information content (AvgIpc) is 2.88. The first kappa shape index (κ1) is 15.2. The van der Waals surface area contributed by atoms with Gasteiger partial charge in [0.25, 0.3) is 0 Å². The number of carboxylic acid groups (broad SMARTS) is 1. The summed E-state index contributed by atoms with van der Waals surface area (Å²) in [5.41, 5.74) is 3.89. The second-order valence-corrected chi connectivity index (χ2v) is 5.66. The third-order valence-electron chi connectivity index (χ3n) is 3.83. The summed E-state index contributed by atoms with van der Waals surface area (Å²) < 4.78 is 1.94. The van der Waals surface area contributed by atoms with Crippen molar-refractivity contribution in [3.05, 3.63) is 59.5 Å². The third-order valence-corrected chi connectivity index (χ3v) is 3.83. The average molecular weight is 309 g/mol. The van der Waals surface area contributed by atoms with Crippen LogP contribution in [0.15, 0.2) is 42.6 Å². The van der Waals surface area contributed by atoms with Crippen molar-refractivity contribution in [2.24, 2.45) is 0 Å². The first-order chi connectivity index (χ1) is 11.1. The van der Waals surface area contributed by atoms with E-state index in [2.05, 4.69) is 22.1 Å². The van der Waals surface area contributed by atoms with Crippen molar-refractivity contribution < 1.29 is 9.90 Å². The van der Waals surface area contributed by atoms with Crippen molar-refractivity contribution in [3.63, 3.8) is 0 Å². The molecule has 0 aliphatic carbocycles. The Morgan fingerprint density at radius 3 is 2.74 bits per heavy atom. The fourth-order valence-electron chi connectivity index (χ4n) is 2.69. The maximum Gasteiger partial charge on any atom is 0.305 e. The van der Waals surface area contributed by atoms with E-state index in [0.29, 0.717) is 6.54 Å². The van der Waals surface area contributed by atoms with E-state index >= 15 is 0 Å². The van der Waals surface area contributed by atoms with Gasteiger partial charge < -0.3 is 9.67 Å². The van der Waals surface area contributed by atoms with Gasteiger partial charge in [0.1, 0.15) is 11.3 Å². The highest BCUT2D eigenvalue weighted by atomic mass is 16.4. The van der Waals surface area contributed by atoms with Crippen LogP contribution in [0, 0.1) is 6.92 Å². The van der Waals surface area contributed by atoms with Gasteiger partial charge in [0, 0.05) is 19.2 Å². The van der Waals surface area contributed by atoms with Crippen molar-refractivity contribution in [1.29, 1.82) is 0 Å². The smallest absolute Gasteiger partial charge is 0.305 e. The van der Waals surface area contributed by atoms with E-state index in [0.717, 1.165) is 35.4 Å². The number of aryl methyl sites for hydroxylation is 4. The molecule has 0 saturated heterocycles. The van der Waals surface area contributed by atoms with Gasteiger partial charge in [0.15, 0.2) is 5.65 Å². The van der Waals surface area contributed by atoms with E-state index in [-0.39, 0.29) is 6.42 Å². The van der Waals surface area contributed by atoms with E-state index < -0.39 is 5.97 Å². The largest absolute Gasteiger partial charge is 0.481 e. The molecular formula is C18H19N3O2. The summed E-state index contributed by atoms with van der Waals surface area (Å²) in [5.74, 6) is 0.0798. The third kappa shape index (κ3) is 3.56. The number of carboxylic acids is 1. The molecule has 0 atom stereocenters. The number of benzene rings is 1. The predicted molar refractivity (Wildman–Crippen MR) is 88.4 cm³/mol. The number of hydrogen-bond acceptors (Lipinski definition) is 3. The maximum absolute atomic E-state index is 10.9. The summed E-state index contributed by atoms with van der Waals surface area (Å²) >= 11 is 0. The molecule has 0 radical (unpaired) electrons. The summed E-state index contributed by atoms with van der Waals surface area (Å²) in [6, 6.07) is 12.2. The first-order valence-corrected chi connectivity index (χ1v) is 7.71. The lowest BCUT2D eigenvalue weighted by atomic mass is 10.1. The standard InChI is InChI=1S/C18H19N3O2/c1-13-11-15-18(19-12-13)21(10-9-17(22)23)16(20-15)8-7-14-5-3-2-4-6-14/h2-6,11-12H,7-10H2,1H3,(H,22,23). The van der Waals surface area contributed by atoms with Crippen molar-refractivity contribution >= 4 is 17.1 Å². The number of aromatic nitrogens is 3. The number of aliphatic carboxylic acids is 1. The van der Waals surface area contributed by atoms with E-state index in [1.54, 1.807) is 6.20 Å². The zero-order valence-corrected chi connectivity index (χ0v) is 13.1. The number of rotatable bonds is 6. The van der Waals surface area contributed by atoms with Crippen LogP contribution in [0.25, 0.3) is 11.2 Å². The molecule has 1 aromatic carbocycles. The lowest BCUT2D eigenvalue weighted by molar-refractivity contribution is -0.137. The molecule has 0 amide bonds. The number of hydrogen-bond donors (Lipinski definition) is 1. The summed E-state index contributed by atoms with van der Waals surface area (Å²) in [6.07, 6.45) is 3.50. The Hall–Kier alpha value is -2.69. The number of imidazole rings is 1. The van der Waals surface area contributed by atoms with Gasteiger partial charge in [-0.2, -0.15) is 0 Å². The van der Waals surface area contributed by atoms with Crippen LogP contribution < -0.4 is 0 Å². The predicted octanol–water partition coefficient (Wildman–Crippen LogP) is 3.00. The van der Waals surface area contributed by atoms with Crippen molar-refractivity contribution in [2.45, 2.75) is 32.7 Å². The van der Waals surface area contributed by atoms with Gasteiger partial charge in [-0.25, -0.2) is 9.97 Å². The SMILES string of the molecule is Cc1cnc2c(c1)nc(CCc1ccccc1)n2CCC(=O)O. The second kappa shape index (κ2) is 6.60. The molecule has 118 valence electrons. The minimum absolute atomic E-state index is 0.0688. The van der Waals surface area contributed by atoms with E-state index in [9.17, 15) is 4.79 Å². The van der Waals surface area contributed by atoms with Crippen LogP contribution in [-0.4, -0.2) is 25.6 Å². The van der Waals surface area contributed by atoms with E-state index in [4.69, 9.17) is 5.11 Å². The van der Waals surface area contributed by atoms with Crippen LogP contribution in [0.3, 0.4) is 0 Å². The quantitative estimate of drug-likeness (QED) is 0.760. The van der Waals surface area contributed by atoms with Crippen LogP contribution in [0.5, 0.6) is 0 Å². The molecule has 0 unspecified atom stereocenters. The van der Waals surface area contributed by atoms with Gasteiger partial charge in [-0.05, 0) is 30.5 Å². The zero-order chi connectivity index (χ0) is 16.2. The Kier molecular flexibility index (Phi) is 4.37. The molecule has 0 saturated carbocycles. The molecule has 0 aliphatic rings. The first-order valence-electron chi connectivity index (χ1n) is 7.71. The van der Waals surface area contributed by atoms with Gasteiger partial charge in [0.05, 0.1) is 6.42 Å². The molecule has 2 heterocycles. The Balaban J connectivity index is 1.90. The topological polar surface area (TPSA) is 68.0 Å². The molecule has 2 aromatic heterocycles. The van der Waals surface area contributed by atoms with Crippen LogP contribution in [0.2, 0.25) is 0 Å². The van der Waals surface area contributed by atoms with Crippen LogP contribution in [0.4, 0.5) is 0 Å². The van der Waals surface area contributed by atoms with Crippen LogP contribution >= 0.6 is 0 Å².